The Kier molecular flexibility index (Phi) is 9.18. The zero-order valence-electron chi connectivity index (χ0n) is 21.4. The van der Waals surface area contributed by atoms with Crippen molar-refractivity contribution in [1.29, 1.82) is 0 Å². The Morgan fingerprint density at radius 1 is 1.14 bits per heavy atom. The van der Waals surface area contributed by atoms with Crippen LogP contribution in [0.5, 0.6) is 0 Å². The lowest BCUT2D eigenvalue weighted by atomic mass is 9.99. The van der Waals surface area contributed by atoms with Crippen LogP contribution >= 0.6 is 0 Å². The first-order valence-corrected chi connectivity index (χ1v) is 12.8. The summed E-state index contributed by atoms with van der Waals surface area (Å²) in [6.45, 7) is 8.49. The van der Waals surface area contributed by atoms with Crippen LogP contribution in [-0.4, -0.2) is 54.1 Å². The molecule has 0 unspecified atom stereocenters. The summed E-state index contributed by atoms with van der Waals surface area (Å²) in [5.74, 6) is 3.82. The van der Waals surface area contributed by atoms with Gasteiger partial charge < -0.3 is 19.3 Å². The molecule has 0 aliphatic carbocycles. The van der Waals surface area contributed by atoms with E-state index in [1.165, 1.54) is 11.1 Å². The second-order valence-corrected chi connectivity index (χ2v) is 9.91. The zero-order chi connectivity index (χ0) is 25.3. The maximum Gasteiger partial charge on any atom is 0.232 e. The van der Waals surface area contributed by atoms with Gasteiger partial charge in [-0.15, -0.1) is 6.42 Å². The Bertz CT molecular complexity index is 1140. The second-order valence-electron chi connectivity index (χ2n) is 9.91. The fourth-order valence-electron chi connectivity index (χ4n) is 4.69. The van der Waals surface area contributed by atoms with Crippen molar-refractivity contribution in [3.8, 4) is 23.6 Å². The van der Waals surface area contributed by atoms with Gasteiger partial charge in [-0.1, -0.05) is 79.5 Å². The van der Waals surface area contributed by atoms with Gasteiger partial charge in [0.25, 0.3) is 0 Å². The summed E-state index contributed by atoms with van der Waals surface area (Å²) in [5.41, 5.74) is 5.66. The molecule has 1 aliphatic rings. The summed E-state index contributed by atoms with van der Waals surface area (Å²) in [6, 6.07) is 18.8. The lowest BCUT2D eigenvalue weighted by Gasteiger charge is -2.30. The molecule has 6 nitrogen and oxygen atoms in total. The monoisotopic (exact) mass is 487 g/mol. The van der Waals surface area contributed by atoms with E-state index in [1.807, 2.05) is 18.2 Å². The van der Waals surface area contributed by atoms with Crippen LogP contribution < -0.4 is 4.90 Å². The van der Waals surface area contributed by atoms with Crippen molar-refractivity contribution in [1.82, 2.24) is 10.1 Å². The van der Waals surface area contributed by atoms with Gasteiger partial charge in [-0.25, -0.2) is 0 Å². The largest absolute Gasteiger partial charge is 0.389 e. The van der Waals surface area contributed by atoms with Gasteiger partial charge in [0.05, 0.1) is 18.3 Å². The highest BCUT2D eigenvalue weighted by Gasteiger charge is 2.27. The number of aromatic nitrogens is 1. The number of benzene rings is 2. The molecule has 0 amide bonds. The summed E-state index contributed by atoms with van der Waals surface area (Å²) in [6.07, 6.45) is 6.65. The first kappa shape index (κ1) is 26.0. The van der Waals surface area contributed by atoms with E-state index in [0.717, 1.165) is 55.2 Å². The van der Waals surface area contributed by atoms with Gasteiger partial charge in [0, 0.05) is 31.7 Å². The van der Waals surface area contributed by atoms with Crippen LogP contribution in [0.2, 0.25) is 0 Å². The molecule has 0 saturated heterocycles. The van der Waals surface area contributed by atoms with Gasteiger partial charge in [-0.2, -0.15) is 0 Å². The van der Waals surface area contributed by atoms with Crippen LogP contribution in [0, 0.1) is 18.3 Å². The van der Waals surface area contributed by atoms with Gasteiger partial charge in [0.15, 0.2) is 0 Å². The number of ether oxygens (including phenoxy) is 1. The molecule has 1 aromatic heterocycles. The molecule has 6 heteroatoms. The van der Waals surface area contributed by atoms with Crippen LogP contribution in [0.3, 0.4) is 0 Å². The minimum absolute atomic E-state index is 0.202. The SMILES string of the molecule is C#CCOC[C@@H](O)CN(CCC(C)C)Cc1c(-c2ccccc2)noc1N1CCc2ccccc2C1. The molecule has 36 heavy (non-hydrogen) atoms. The Morgan fingerprint density at radius 3 is 2.64 bits per heavy atom. The molecule has 2 aromatic carbocycles. The number of hydrogen-bond donors (Lipinski definition) is 1. The van der Waals surface area contributed by atoms with E-state index in [4.69, 9.17) is 15.7 Å². The topological polar surface area (TPSA) is 62.0 Å². The number of rotatable bonds is 12. The maximum atomic E-state index is 10.7. The highest BCUT2D eigenvalue weighted by Crippen LogP contribution is 2.35. The van der Waals surface area contributed by atoms with Crippen molar-refractivity contribution in [2.45, 2.75) is 45.9 Å². The van der Waals surface area contributed by atoms with Crippen LogP contribution in [0.1, 0.15) is 37.0 Å². The highest BCUT2D eigenvalue weighted by atomic mass is 16.5. The number of aliphatic hydroxyl groups excluding tert-OH is 1. The first-order valence-electron chi connectivity index (χ1n) is 12.8. The minimum Gasteiger partial charge on any atom is -0.389 e. The lowest BCUT2D eigenvalue weighted by Crippen LogP contribution is -2.36. The van der Waals surface area contributed by atoms with E-state index in [-0.39, 0.29) is 13.2 Å². The van der Waals surface area contributed by atoms with Crippen molar-refractivity contribution < 1.29 is 14.4 Å². The van der Waals surface area contributed by atoms with E-state index in [1.54, 1.807) is 0 Å². The molecule has 1 N–H and O–H groups in total. The van der Waals surface area contributed by atoms with Crippen molar-refractivity contribution in [2.24, 2.45) is 5.92 Å². The smallest absolute Gasteiger partial charge is 0.232 e. The third kappa shape index (κ3) is 6.76. The minimum atomic E-state index is -0.629. The van der Waals surface area contributed by atoms with Crippen molar-refractivity contribution in [3.63, 3.8) is 0 Å². The summed E-state index contributed by atoms with van der Waals surface area (Å²) in [4.78, 5) is 4.58. The van der Waals surface area contributed by atoms with E-state index >= 15 is 0 Å². The van der Waals surface area contributed by atoms with Crippen LogP contribution in [0.25, 0.3) is 11.3 Å². The Morgan fingerprint density at radius 2 is 1.89 bits per heavy atom. The average Bonchev–Trinajstić information content (AvgIpc) is 3.31. The maximum absolute atomic E-state index is 10.7. The highest BCUT2D eigenvalue weighted by molar-refractivity contribution is 5.68. The average molecular weight is 488 g/mol. The molecule has 1 atom stereocenters. The fraction of sp³-hybridized carbons (Fsp3) is 0.433. The normalized spacial score (nSPS) is 14.2. The van der Waals surface area contributed by atoms with Crippen molar-refractivity contribution in [3.05, 3.63) is 71.3 Å². The fourth-order valence-corrected chi connectivity index (χ4v) is 4.69. The Balaban J connectivity index is 1.62. The Labute approximate surface area is 214 Å². The van der Waals surface area contributed by atoms with Gasteiger partial charge in [0.2, 0.25) is 5.88 Å². The molecule has 4 rings (SSSR count). The Hall–Kier alpha value is -3.11. The molecule has 0 radical (unpaired) electrons. The zero-order valence-corrected chi connectivity index (χ0v) is 21.4. The van der Waals surface area contributed by atoms with Crippen molar-refractivity contribution >= 4 is 5.88 Å². The molecule has 2 heterocycles. The van der Waals surface area contributed by atoms with E-state index < -0.39 is 6.10 Å². The summed E-state index contributed by atoms with van der Waals surface area (Å²) in [5, 5.41) is 15.2. The van der Waals surface area contributed by atoms with E-state index in [2.05, 4.69) is 71.1 Å². The molecular weight excluding hydrogens is 450 g/mol. The lowest BCUT2D eigenvalue weighted by molar-refractivity contribution is 0.0252. The third-order valence-electron chi connectivity index (χ3n) is 6.60. The summed E-state index contributed by atoms with van der Waals surface area (Å²) in [7, 11) is 0. The first-order chi connectivity index (χ1) is 17.5. The van der Waals surface area contributed by atoms with Crippen molar-refractivity contribution in [2.75, 3.05) is 37.7 Å². The molecular formula is C30H37N3O3. The summed E-state index contributed by atoms with van der Waals surface area (Å²) < 4.78 is 11.5. The van der Waals surface area contributed by atoms with Gasteiger partial charge in [-0.05, 0) is 36.4 Å². The molecule has 0 bridgehead atoms. The summed E-state index contributed by atoms with van der Waals surface area (Å²) >= 11 is 0. The van der Waals surface area contributed by atoms with Crippen LogP contribution in [0.4, 0.5) is 5.88 Å². The number of aliphatic hydroxyl groups is 1. The number of terminal acetylenes is 1. The van der Waals surface area contributed by atoms with Gasteiger partial charge in [-0.3, -0.25) is 4.90 Å². The molecule has 0 saturated carbocycles. The number of fused-ring (bicyclic) bond motifs is 1. The second kappa shape index (κ2) is 12.7. The predicted molar refractivity (Wildman–Crippen MR) is 144 cm³/mol. The standard InChI is InChI=1S/C30H37N3O3/c1-4-18-35-22-27(34)20-32(16-14-23(2)3)21-28-29(25-11-6-5-7-12-25)31-36-30(28)33-17-15-24-10-8-9-13-26(24)19-33/h1,5-13,23,27,34H,14-22H2,2-3H3/t27-/m0/s1. The molecule has 3 aromatic rings. The predicted octanol–water partition coefficient (Wildman–Crippen LogP) is 4.76. The van der Waals surface area contributed by atoms with E-state index in [0.29, 0.717) is 19.0 Å². The number of nitrogens with zero attached hydrogens (tertiary/aromatic N) is 3. The van der Waals surface area contributed by atoms with Gasteiger partial charge in [0.1, 0.15) is 12.3 Å². The molecule has 190 valence electrons. The van der Waals surface area contributed by atoms with Crippen LogP contribution in [-0.2, 0) is 24.2 Å². The molecule has 0 spiro atoms. The third-order valence-corrected chi connectivity index (χ3v) is 6.60. The molecule has 0 fully saturated rings. The number of anilines is 1. The van der Waals surface area contributed by atoms with E-state index in [9.17, 15) is 5.11 Å². The molecule has 1 aliphatic heterocycles. The quantitative estimate of drug-likeness (QED) is 0.294. The van der Waals surface area contributed by atoms with Crippen LogP contribution in [0.15, 0.2) is 59.1 Å². The number of hydrogen-bond acceptors (Lipinski definition) is 6. The van der Waals surface area contributed by atoms with Gasteiger partial charge >= 0.3 is 0 Å².